The molecule has 0 bridgehead atoms. The summed E-state index contributed by atoms with van der Waals surface area (Å²) in [5.41, 5.74) is 4.33. The molecule has 142 valence electrons. The number of rotatable bonds is 6. The number of aromatic nitrogens is 1. The zero-order valence-electron chi connectivity index (χ0n) is 15.8. The second-order valence-electron chi connectivity index (χ2n) is 6.54. The maximum absolute atomic E-state index is 12.6. The highest BCUT2D eigenvalue weighted by molar-refractivity contribution is 6.04. The van der Waals surface area contributed by atoms with Gasteiger partial charge in [-0.1, -0.05) is 54.6 Å². The second-order valence-corrected chi connectivity index (χ2v) is 6.54. The molecular weight excluding hydrogens is 360 g/mol. The van der Waals surface area contributed by atoms with Crippen LogP contribution >= 0.6 is 0 Å². The van der Waals surface area contributed by atoms with Crippen LogP contribution in [0.3, 0.4) is 0 Å². The zero-order chi connectivity index (χ0) is 19.9. The molecule has 29 heavy (non-hydrogen) atoms. The van der Waals surface area contributed by atoms with E-state index < -0.39 is 0 Å². The van der Waals surface area contributed by atoms with Crippen molar-refractivity contribution in [1.29, 1.82) is 0 Å². The van der Waals surface area contributed by atoms with Gasteiger partial charge >= 0.3 is 0 Å². The van der Waals surface area contributed by atoms with E-state index >= 15 is 0 Å². The molecule has 4 aromatic rings. The molecule has 0 saturated carbocycles. The summed E-state index contributed by atoms with van der Waals surface area (Å²) in [6.45, 7) is 0.374. The van der Waals surface area contributed by atoms with Gasteiger partial charge in [-0.15, -0.1) is 0 Å². The van der Waals surface area contributed by atoms with Gasteiger partial charge in [0.2, 0.25) is 0 Å². The molecule has 0 aliphatic rings. The van der Waals surface area contributed by atoms with Crippen molar-refractivity contribution in [2.45, 2.75) is 6.61 Å². The van der Waals surface area contributed by atoms with Gasteiger partial charge in [0.05, 0.1) is 5.69 Å². The minimum absolute atomic E-state index is 0.161. The molecule has 0 spiro atoms. The highest BCUT2D eigenvalue weighted by atomic mass is 16.5. The Morgan fingerprint density at radius 1 is 0.793 bits per heavy atom. The standard InChI is InChI=1S/C25H20N2O2/c28-25(21-14-12-20(13-15-21)19-7-2-1-3-8-19)27-22-10-6-11-24(17-22)29-18-23-9-4-5-16-26-23/h1-17H,18H2,(H,27,28). The number of nitrogens with zero attached hydrogens (tertiary/aromatic N) is 1. The molecule has 0 radical (unpaired) electrons. The second kappa shape index (κ2) is 8.85. The lowest BCUT2D eigenvalue weighted by molar-refractivity contribution is 0.102. The number of nitrogens with one attached hydrogen (secondary N) is 1. The summed E-state index contributed by atoms with van der Waals surface area (Å²) in [5.74, 6) is 0.513. The summed E-state index contributed by atoms with van der Waals surface area (Å²) in [7, 11) is 0. The smallest absolute Gasteiger partial charge is 0.255 e. The fourth-order valence-electron chi connectivity index (χ4n) is 2.95. The van der Waals surface area contributed by atoms with Crippen LogP contribution in [0.1, 0.15) is 16.1 Å². The van der Waals surface area contributed by atoms with Crippen LogP contribution in [0.25, 0.3) is 11.1 Å². The van der Waals surface area contributed by atoms with Gasteiger partial charge in [-0.05, 0) is 47.5 Å². The lowest BCUT2D eigenvalue weighted by Crippen LogP contribution is -2.11. The first-order valence-corrected chi connectivity index (χ1v) is 9.37. The zero-order valence-corrected chi connectivity index (χ0v) is 15.8. The van der Waals surface area contributed by atoms with Crippen molar-refractivity contribution in [1.82, 2.24) is 4.98 Å². The number of hydrogen-bond donors (Lipinski definition) is 1. The Morgan fingerprint density at radius 3 is 2.31 bits per heavy atom. The molecule has 1 aromatic heterocycles. The van der Waals surface area contributed by atoms with Crippen LogP contribution in [0.15, 0.2) is 103 Å². The molecule has 3 aromatic carbocycles. The van der Waals surface area contributed by atoms with Crippen LogP contribution in [0.2, 0.25) is 0 Å². The molecule has 0 unspecified atom stereocenters. The minimum Gasteiger partial charge on any atom is -0.487 e. The van der Waals surface area contributed by atoms with Gasteiger partial charge in [0, 0.05) is 23.5 Å². The molecule has 0 fully saturated rings. The van der Waals surface area contributed by atoms with Crippen molar-refractivity contribution in [2.75, 3.05) is 5.32 Å². The Kier molecular flexibility index (Phi) is 5.63. The van der Waals surface area contributed by atoms with Crippen LogP contribution < -0.4 is 10.1 Å². The van der Waals surface area contributed by atoms with E-state index in [1.54, 1.807) is 12.3 Å². The monoisotopic (exact) mass is 380 g/mol. The molecule has 4 heteroatoms. The highest BCUT2D eigenvalue weighted by Crippen LogP contribution is 2.21. The van der Waals surface area contributed by atoms with Crippen LogP contribution in [0.5, 0.6) is 5.75 Å². The fraction of sp³-hybridized carbons (Fsp3) is 0.0400. The molecule has 1 heterocycles. The molecule has 0 saturated heterocycles. The maximum atomic E-state index is 12.6. The van der Waals surface area contributed by atoms with E-state index in [1.807, 2.05) is 91.0 Å². The predicted octanol–water partition coefficient (Wildman–Crippen LogP) is 5.58. The molecule has 0 aliphatic carbocycles. The number of pyridine rings is 1. The summed E-state index contributed by atoms with van der Waals surface area (Å²) in [5, 5.41) is 2.92. The summed E-state index contributed by atoms with van der Waals surface area (Å²) < 4.78 is 5.77. The van der Waals surface area contributed by atoms with Gasteiger partial charge in [0.1, 0.15) is 12.4 Å². The Morgan fingerprint density at radius 2 is 1.55 bits per heavy atom. The molecule has 1 amide bonds. The van der Waals surface area contributed by atoms with E-state index in [0.717, 1.165) is 16.8 Å². The lowest BCUT2D eigenvalue weighted by Gasteiger charge is -2.09. The highest BCUT2D eigenvalue weighted by Gasteiger charge is 2.07. The number of ether oxygens (including phenoxy) is 1. The van der Waals surface area contributed by atoms with E-state index in [9.17, 15) is 4.79 Å². The average Bonchev–Trinajstić information content (AvgIpc) is 2.79. The Hall–Kier alpha value is -3.92. The maximum Gasteiger partial charge on any atom is 0.255 e. The van der Waals surface area contributed by atoms with Gasteiger partial charge in [0.25, 0.3) is 5.91 Å². The normalized spacial score (nSPS) is 10.3. The van der Waals surface area contributed by atoms with Crippen molar-refractivity contribution in [3.05, 3.63) is 115 Å². The number of anilines is 1. The van der Waals surface area contributed by atoms with Crippen molar-refractivity contribution < 1.29 is 9.53 Å². The van der Waals surface area contributed by atoms with E-state index in [0.29, 0.717) is 23.6 Å². The first-order chi connectivity index (χ1) is 14.3. The van der Waals surface area contributed by atoms with Crippen LogP contribution in [-0.4, -0.2) is 10.9 Å². The van der Waals surface area contributed by atoms with Crippen LogP contribution in [0, 0.1) is 0 Å². The summed E-state index contributed by atoms with van der Waals surface area (Å²) >= 11 is 0. The average molecular weight is 380 g/mol. The first kappa shape index (κ1) is 18.4. The Bertz CT molecular complexity index is 1080. The number of hydrogen-bond acceptors (Lipinski definition) is 3. The summed E-state index contributed by atoms with van der Waals surface area (Å²) in [6.07, 6.45) is 1.73. The SMILES string of the molecule is O=C(Nc1cccc(OCc2ccccn2)c1)c1ccc(-c2ccccc2)cc1. The molecule has 0 atom stereocenters. The number of carbonyl (C=O) groups excluding carboxylic acids is 1. The molecule has 1 N–H and O–H groups in total. The number of amides is 1. The van der Waals surface area contributed by atoms with Gasteiger partial charge in [-0.25, -0.2) is 0 Å². The molecule has 4 rings (SSSR count). The Balaban J connectivity index is 1.40. The van der Waals surface area contributed by atoms with Crippen molar-refractivity contribution in [3.63, 3.8) is 0 Å². The third-order valence-electron chi connectivity index (χ3n) is 4.46. The largest absolute Gasteiger partial charge is 0.487 e. The predicted molar refractivity (Wildman–Crippen MR) is 115 cm³/mol. The quantitative estimate of drug-likeness (QED) is 0.475. The van der Waals surface area contributed by atoms with E-state index in [4.69, 9.17) is 4.74 Å². The summed E-state index contributed by atoms with van der Waals surface area (Å²) in [6, 6.07) is 30.7. The van der Waals surface area contributed by atoms with Gasteiger partial charge in [0.15, 0.2) is 0 Å². The van der Waals surface area contributed by atoms with Crippen molar-refractivity contribution in [2.24, 2.45) is 0 Å². The van der Waals surface area contributed by atoms with Gasteiger partial charge in [-0.2, -0.15) is 0 Å². The van der Waals surface area contributed by atoms with Crippen LogP contribution in [0.4, 0.5) is 5.69 Å². The minimum atomic E-state index is -0.161. The molecule has 0 aliphatic heterocycles. The Labute approximate surface area is 169 Å². The summed E-state index contributed by atoms with van der Waals surface area (Å²) in [4.78, 5) is 16.8. The third-order valence-corrected chi connectivity index (χ3v) is 4.46. The van der Waals surface area contributed by atoms with E-state index in [1.165, 1.54) is 0 Å². The van der Waals surface area contributed by atoms with Gasteiger partial charge in [-0.3, -0.25) is 9.78 Å². The van der Waals surface area contributed by atoms with Gasteiger partial charge < -0.3 is 10.1 Å². The molecule has 4 nitrogen and oxygen atoms in total. The molecular formula is C25H20N2O2. The number of benzene rings is 3. The van der Waals surface area contributed by atoms with Crippen molar-refractivity contribution >= 4 is 11.6 Å². The van der Waals surface area contributed by atoms with Crippen molar-refractivity contribution in [3.8, 4) is 16.9 Å². The third kappa shape index (κ3) is 4.87. The lowest BCUT2D eigenvalue weighted by atomic mass is 10.0. The van der Waals surface area contributed by atoms with Crippen LogP contribution in [-0.2, 0) is 6.61 Å². The first-order valence-electron chi connectivity index (χ1n) is 9.37. The van der Waals surface area contributed by atoms with E-state index in [2.05, 4.69) is 10.3 Å². The fourth-order valence-corrected chi connectivity index (χ4v) is 2.95. The van der Waals surface area contributed by atoms with E-state index in [-0.39, 0.29) is 5.91 Å². The number of carbonyl (C=O) groups is 1. The topological polar surface area (TPSA) is 51.2 Å².